The molecular weight excluding hydrogens is 749 g/mol. The van der Waals surface area contributed by atoms with Crippen molar-refractivity contribution in [2.24, 2.45) is 0 Å². The quantitative estimate of drug-likeness (QED) is 0.135. The number of ether oxygens (including phenoxy) is 2. The highest BCUT2D eigenvalue weighted by Crippen LogP contribution is 2.61. The third-order valence-electron chi connectivity index (χ3n) is 12.5. The van der Waals surface area contributed by atoms with Crippen molar-refractivity contribution in [2.45, 2.75) is 5.41 Å². The number of hydrogen-bond acceptors (Lipinski definition) is 4. The van der Waals surface area contributed by atoms with E-state index in [1.165, 1.54) is 33.4 Å². The van der Waals surface area contributed by atoms with Crippen molar-refractivity contribution in [2.75, 3.05) is 26.4 Å². The van der Waals surface area contributed by atoms with Gasteiger partial charge in [0.15, 0.2) is 0 Å². The van der Waals surface area contributed by atoms with Crippen molar-refractivity contribution in [3.05, 3.63) is 216 Å². The molecule has 1 aliphatic rings. The zero-order chi connectivity index (χ0) is 40.9. The molecule has 0 saturated heterocycles. The van der Waals surface area contributed by atoms with Crippen molar-refractivity contribution in [1.29, 1.82) is 0 Å². The van der Waals surface area contributed by atoms with Crippen molar-refractivity contribution >= 4 is 43.1 Å². The maximum Gasteiger partial charge on any atom is 0.127 e. The van der Waals surface area contributed by atoms with Gasteiger partial charge in [0.25, 0.3) is 0 Å². The number of aliphatic hydroxyl groups excluding tert-OH is 2. The van der Waals surface area contributed by atoms with Crippen LogP contribution in [0.5, 0.6) is 11.5 Å². The van der Waals surface area contributed by atoms with E-state index in [2.05, 4.69) is 182 Å². The molecule has 10 aromatic carbocycles. The third-order valence-corrected chi connectivity index (χ3v) is 12.5. The Morgan fingerprint density at radius 1 is 0.344 bits per heavy atom. The molecule has 4 heteroatoms. The van der Waals surface area contributed by atoms with Gasteiger partial charge in [0.2, 0.25) is 0 Å². The van der Waals surface area contributed by atoms with Crippen LogP contribution in [-0.2, 0) is 5.41 Å². The zero-order valence-corrected chi connectivity index (χ0v) is 33.5. The van der Waals surface area contributed by atoms with Gasteiger partial charge in [0.1, 0.15) is 24.7 Å². The molecule has 0 radical (unpaired) electrons. The highest BCUT2D eigenvalue weighted by Gasteiger charge is 2.49. The lowest BCUT2D eigenvalue weighted by molar-refractivity contribution is 0.203. The molecule has 0 atom stereocenters. The van der Waals surface area contributed by atoms with Crippen LogP contribution in [0, 0.1) is 0 Å². The van der Waals surface area contributed by atoms with Crippen LogP contribution >= 0.6 is 0 Å². The first-order chi connectivity index (χ1) is 30.2. The number of rotatable bonds is 10. The molecule has 0 unspecified atom stereocenters. The van der Waals surface area contributed by atoms with Crippen LogP contribution in [0.3, 0.4) is 0 Å². The topological polar surface area (TPSA) is 58.9 Å². The Labute approximate surface area is 354 Å². The van der Waals surface area contributed by atoms with Gasteiger partial charge in [0.05, 0.1) is 18.6 Å². The van der Waals surface area contributed by atoms with E-state index in [0.717, 1.165) is 76.8 Å². The average molecular weight is 791 g/mol. The molecular formula is C57H42O4. The smallest absolute Gasteiger partial charge is 0.127 e. The van der Waals surface area contributed by atoms with Crippen molar-refractivity contribution in [3.63, 3.8) is 0 Å². The first-order valence-corrected chi connectivity index (χ1v) is 21.0. The highest BCUT2D eigenvalue weighted by atomic mass is 16.5. The third kappa shape index (κ3) is 5.83. The van der Waals surface area contributed by atoms with E-state index in [9.17, 15) is 10.2 Å². The van der Waals surface area contributed by atoms with Crippen LogP contribution < -0.4 is 9.47 Å². The fourth-order valence-corrected chi connectivity index (χ4v) is 10.1. The van der Waals surface area contributed by atoms with Crippen LogP contribution in [0.1, 0.15) is 22.3 Å². The van der Waals surface area contributed by atoms with Gasteiger partial charge in [-0.3, -0.25) is 0 Å². The van der Waals surface area contributed by atoms with E-state index in [1.807, 2.05) is 12.1 Å². The Morgan fingerprint density at radius 2 is 0.738 bits per heavy atom. The normalized spacial score (nSPS) is 12.8. The molecule has 0 aromatic heterocycles. The molecule has 294 valence electrons. The summed E-state index contributed by atoms with van der Waals surface area (Å²) >= 11 is 0. The molecule has 0 aliphatic heterocycles. The average Bonchev–Trinajstić information content (AvgIpc) is 3.64. The summed E-state index contributed by atoms with van der Waals surface area (Å²) in [5.74, 6) is 1.52. The fourth-order valence-electron chi connectivity index (χ4n) is 10.1. The summed E-state index contributed by atoms with van der Waals surface area (Å²) in [5.41, 5.74) is 11.1. The molecule has 0 spiro atoms. The van der Waals surface area contributed by atoms with Crippen LogP contribution in [0.4, 0.5) is 0 Å². The molecule has 10 aromatic rings. The molecule has 61 heavy (non-hydrogen) atoms. The van der Waals surface area contributed by atoms with E-state index >= 15 is 0 Å². The zero-order valence-electron chi connectivity index (χ0n) is 33.5. The number of benzene rings is 10. The Bertz CT molecular complexity index is 3060. The predicted octanol–water partition coefficient (Wildman–Crippen LogP) is 12.7. The summed E-state index contributed by atoms with van der Waals surface area (Å²) in [4.78, 5) is 0. The van der Waals surface area contributed by atoms with Crippen LogP contribution in [-0.4, -0.2) is 36.6 Å². The summed E-state index contributed by atoms with van der Waals surface area (Å²) in [6, 6.07) is 70.3. The van der Waals surface area contributed by atoms with Gasteiger partial charge in [-0.1, -0.05) is 170 Å². The summed E-state index contributed by atoms with van der Waals surface area (Å²) in [6.45, 7) is 0.331. The maximum atomic E-state index is 9.71. The number of aliphatic hydroxyl groups is 2. The molecule has 0 heterocycles. The molecule has 11 rings (SSSR count). The van der Waals surface area contributed by atoms with E-state index in [1.54, 1.807) is 0 Å². The Morgan fingerprint density at radius 3 is 1.16 bits per heavy atom. The monoisotopic (exact) mass is 790 g/mol. The maximum absolute atomic E-state index is 9.71. The van der Waals surface area contributed by atoms with E-state index in [0.29, 0.717) is 0 Å². The van der Waals surface area contributed by atoms with E-state index in [4.69, 9.17) is 9.47 Å². The van der Waals surface area contributed by atoms with E-state index in [-0.39, 0.29) is 26.4 Å². The SMILES string of the molecule is OCCOc1cc2ccc(C3(c4ccc5cc(OCCO)c6ccccc6c5c4)c4c(-c5ccccc5)cccc4-c4cccc(-c5ccccc5)c43)cc2c2ccccc12. The van der Waals surface area contributed by atoms with Gasteiger partial charge in [-0.15, -0.1) is 0 Å². The first-order valence-electron chi connectivity index (χ1n) is 21.0. The molecule has 4 nitrogen and oxygen atoms in total. The van der Waals surface area contributed by atoms with Crippen molar-refractivity contribution in [1.82, 2.24) is 0 Å². The largest absolute Gasteiger partial charge is 0.491 e. The lowest BCUT2D eigenvalue weighted by Crippen LogP contribution is -2.30. The van der Waals surface area contributed by atoms with Gasteiger partial charge in [-0.2, -0.15) is 0 Å². The Hall–Kier alpha value is -7.24. The van der Waals surface area contributed by atoms with Crippen LogP contribution in [0.2, 0.25) is 0 Å². The van der Waals surface area contributed by atoms with Crippen molar-refractivity contribution < 1.29 is 19.7 Å². The highest BCUT2D eigenvalue weighted by molar-refractivity contribution is 6.13. The number of fused-ring (bicyclic) bond motifs is 9. The molecule has 0 bridgehead atoms. The summed E-state index contributed by atoms with van der Waals surface area (Å²) in [7, 11) is 0. The van der Waals surface area contributed by atoms with Gasteiger partial charge < -0.3 is 19.7 Å². The molecule has 0 fully saturated rings. The van der Waals surface area contributed by atoms with Gasteiger partial charge in [-0.25, -0.2) is 0 Å². The second-order valence-electron chi connectivity index (χ2n) is 15.8. The molecule has 2 N–H and O–H groups in total. The minimum Gasteiger partial charge on any atom is -0.491 e. The summed E-state index contributed by atoms with van der Waals surface area (Å²) in [5, 5.41) is 28.0. The fraction of sp³-hybridized carbons (Fsp3) is 0.0877. The molecule has 0 saturated carbocycles. The van der Waals surface area contributed by atoms with Crippen molar-refractivity contribution in [3.8, 4) is 44.9 Å². The minimum atomic E-state index is -0.799. The lowest BCUT2D eigenvalue weighted by Gasteiger charge is -2.37. The number of hydrogen-bond donors (Lipinski definition) is 2. The van der Waals surface area contributed by atoms with Gasteiger partial charge in [-0.05, 0) is 112 Å². The first kappa shape index (κ1) is 36.8. The van der Waals surface area contributed by atoms with Gasteiger partial charge >= 0.3 is 0 Å². The minimum absolute atomic E-state index is 0.0574. The van der Waals surface area contributed by atoms with E-state index < -0.39 is 5.41 Å². The molecule has 0 amide bonds. The predicted molar refractivity (Wildman–Crippen MR) is 250 cm³/mol. The lowest BCUT2D eigenvalue weighted by atomic mass is 9.64. The second kappa shape index (κ2) is 15.1. The molecule has 1 aliphatic carbocycles. The van der Waals surface area contributed by atoms with Crippen LogP contribution in [0.15, 0.2) is 194 Å². The Kier molecular flexibility index (Phi) is 9.11. The summed E-state index contributed by atoms with van der Waals surface area (Å²) in [6.07, 6.45) is 0. The van der Waals surface area contributed by atoms with Crippen LogP contribution in [0.25, 0.3) is 76.5 Å². The second-order valence-corrected chi connectivity index (χ2v) is 15.8. The standard InChI is InChI=1S/C57H42O4/c58-29-31-60-53-33-39-25-27-41(35-51(39)45-17-7-9-19-47(45)53)57(42-28-26-40-34-54(61-32-30-59)48-20-10-8-18-46(48)52(40)36-42)55-43(37-13-3-1-4-14-37)21-11-23-49(55)50-24-12-22-44(56(50)57)38-15-5-2-6-16-38/h1-28,33-36,58-59H,29-32H2. The van der Waals surface area contributed by atoms with Gasteiger partial charge in [0, 0.05) is 10.8 Å². The Balaban J connectivity index is 1.32. The summed E-state index contributed by atoms with van der Waals surface area (Å²) < 4.78 is 12.3.